The quantitative estimate of drug-likeness (QED) is 0.0261. The number of rotatable bonds is 65. The number of allylic oxidation sites excluding steroid dienone is 2. The molecule has 0 aromatic rings. The van der Waals surface area contributed by atoms with Gasteiger partial charge >= 0.3 is 17.9 Å². The van der Waals surface area contributed by atoms with Crippen LogP contribution in [0.1, 0.15) is 400 Å². The molecule has 0 rings (SSSR count). The van der Waals surface area contributed by atoms with Crippen molar-refractivity contribution in [2.75, 3.05) is 13.2 Å². The molecule has 0 aromatic carbocycles. The molecule has 6 nitrogen and oxygen atoms in total. The standard InChI is InChI=1S/C70H134O6/c1-4-7-10-13-16-19-22-25-27-29-31-33-34-35-37-38-40-42-45-48-51-54-57-60-63-69(72)75-66-67(65-74-68(71)62-59-56-53-50-47-44-24-21-18-15-12-9-6-3)76-70(73)64-61-58-55-52-49-46-43-41-39-36-32-30-28-26-23-20-17-14-11-8-5-2/h21,24,67H,4-20,22-23,25-66H2,1-3H3/b24-21-. The maximum atomic E-state index is 12.9. The van der Waals surface area contributed by atoms with Crippen LogP contribution in [0, 0.1) is 0 Å². The Bertz CT molecular complexity index is 1180. The summed E-state index contributed by atoms with van der Waals surface area (Å²) < 4.78 is 17.0. The first kappa shape index (κ1) is 74.2. The topological polar surface area (TPSA) is 78.9 Å². The third-order valence-electron chi connectivity index (χ3n) is 16.0. The molecule has 0 heterocycles. The number of unbranched alkanes of at least 4 members (excludes halogenated alkanes) is 52. The number of hydrogen-bond donors (Lipinski definition) is 0. The van der Waals surface area contributed by atoms with E-state index in [0.717, 1.165) is 64.2 Å². The van der Waals surface area contributed by atoms with E-state index in [1.165, 1.54) is 295 Å². The Balaban J connectivity index is 4.21. The molecule has 0 amide bonds. The van der Waals surface area contributed by atoms with Crippen LogP contribution in [0.5, 0.6) is 0 Å². The lowest BCUT2D eigenvalue weighted by Crippen LogP contribution is -2.30. The van der Waals surface area contributed by atoms with Gasteiger partial charge in [0.25, 0.3) is 0 Å². The first-order valence-electron chi connectivity index (χ1n) is 34.7. The number of hydrogen-bond acceptors (Lipinski definition) is 6. The summed E-state index contributed by atoms with van der Waals surface area (Å²) in [6, 6.07) is 0. The van der Waals surface area contributed by atoms with Gasteiger partial charge in [-0.1, -0.05) is 348 Å². The van der Waals surface area contributed by atoms with E-state index in [1.54, 1.807) is 0 Å². The zero-order chi connectivity index (χ0) is 55.0. The van der Waals surface area contributed by atoms with Crippen molar-refractivity contribution in [3.8, 4) is 0 Å². The van der Waals surface area contributed by atoms with Crippen molar-refractivity contribution in [3.63, 3.8) is 0 Å². The molecule has 0 saturated carbocycles. The fourth-order valence-electron chi connectivity index (χ4n) is 10.8. The molecule has 0 N–H and O–H groups in total. The Morgan fingerprint density at radius 2 is 0.434 bits per heavy atom. The summed E-state index contributed by atoms with van der Waals surface area (Å²) >= 11 is 0. The second kappa shape index (κ2) is 65.7. The third-order valence-corrected chi connectivity index (χ3v) is 16.0. The van der Waals surface area contributed by atoms with Crippen molar-refractivity contribution in [1.29, 1.82) is 0 Å². The lowest BCUT2D eigenvalue weighted by atomic mass is 10.0. The minimum absolute atomic E-state index is 0.0657. The van der Waals surface area contributed by atoms with E-state index in [0.29, 0.717) is 19.3 Å². The molecule has 6 heteroatoms. The van der Waals surface area contributed by atoms with Gasteiger partial charge in [-0.25, -0.2) is 0 Å². The zero-order valence-corrected chi connectivity index (χ0v) is 51.8. The van der Waals surface area contributed by atoms with Crippen molar-refractivity contribution < 1.29 is 28.6 Å². The van der Waals surface area contributed by atoms with Crippen LogP contribution >= 0.6 is 0 Å². The zero-order valence-electron chi connectivity index (χ0n) is 51.8. The summed E-state index contributed by atoms with van der Waals surface area (Å²) in [4.78, 5) is 38.4. The molecule has 76 heavy (non-hydrogen) atoms. The molecule has 0 aliphatic heterocycles. The van der Waals surface area contributed by atoms with E-state index < -0.39 is 6.10 Å². The Hall–Kier alpha value is -1.85. The predicted molar refractivity (Wildman–Crippen MR) is 330 cm³/mol. The van der Waals surface area contributed by atoms with Gasteiger partial charge in [0.1, 0.15) is 13.2 Å². The van der Waals surface area contributed by atoms with Crippen LogP contribution in [0.3, 0.4) is 0 Å². The molecule has 0 bridgehead atoms. The average molecular weight is 1070 g/mol. The molecule has 0 saturated heterocycles. The Labute approximate surface area is 475 Å². The van der Waals surface area contributed by atoms with Crippen molar-refractivity contribution in [3.05, 3.63) is 12.2 Å². The Morgan fingerprint density at radius 3 is 0.671 bits per heavy atom. The molecule has 0 aliphatic carbocycles. The molecular formula is C70H134O6. The van der Waals surface area contributed by atoms with Gasteiger partial charge in [-0.15, -0.1) is 0 Å². The molecule has 0 aromatic heterocycles. The van der Waals surface area contributed by atoms with E-state index in [9.17, 15) is 14.4 Å². The molecule has 0 spiro atoms. The van der Waals surface area contributed by atoms with Crippen LogP contribution in [0.4, 0.5) is 0 Å². The van der Waals surface area contributed by atoms with Crippen LogP contribution in [-0.4, -0.2) is 37.2 Å². The highest BCUT2D eigenvalue weighted by molar-refractivity contribution is 5.71. The van der Waals surface area contributed by atoms with E-state index >= 15 is 0 Å². The van der Waals surface area contributed by atoms with Gasteiger partial charge in [-0.05, 0) is 44.9 Å². The summed E-state index contributed by atoms with van der Waals surface area (Å²) in [5, 5.41) is 0. The molecule has 1 atom stereocenters. The van der Waals surface area contributed by atoms with Crippen molar-refractivity contribution >= 4 is 17.9 Å². The fraction of sp³-hybridized carbons (Fsp3) is 0.929. The van der Waals surface area contributed by atoms with Crippen LogP contribution in [-0.2, 0) is 28.6 Å². The molecule has 1 unspecified atom stereocenters. The minimum atomic E-state index is -0.769. The van der Waals surface area contributed by atoms with Crippen LogP contribution in [0.15, 0.2) is 12.2 Å². The third kappa shape index (κ3) is 63.0. The van der Waals surface area contributed by atoms with Crippen molar-refractivity contribution in [2.45, 2.75) is 406 Å². The molecule has 450 valence electrons. The number of esters is 3. The van der Waals surface area contributed by atoms with Crippen LogP contribution in [0.2, 0.25) is 0 Å². The van der Waals surface area contributed by atoms with E-state index in [2.05, 4.69) is 32.9 Å². The SMILES string of the molecule is CCCCCC/C=C\CCCCCCCC(=O)OCC(COC(=O)CCCCCCCCCCCCCCCCCCCCCCCCCC)OC(=O)CCCCCCCCCCCCCCCCCCCCCCC. The first-order valence-corrected chi connectivity index (χ1v) is 34.7. The molecule has 0 aliphatic rings. The second-order valence-corrected chi connectivity index (χ2v) is 23.8. The summed E-state index contributed by atoms with van der Waals surface area (Å²) in [5.41, 5.74) is 0. The summed E-state index contributed by atoms with van der Waals surface area (Å²) in [7, 11) is 0. The fourth-order valence-corrected chi connectivity index (χ4v) is 10.8. The van der Waals surface area contributed by atoms with Gasteiger partial charge in [0.2, 0.25) is 0 Å². The van der Waals surface area contributed by atoms with E-state index in [4.69, 9.17) is 14.2 Å². The Morgan fingerprint density at radius 1 is 0.250 bits per heavy atom. The average Bonchev–Trinajstić information content (AvgIpc) is 3.42. The molecule has 0 fully saturated rings. The minimum Gasteiger partial charge on any atom is -0.462 e. The number of ether oxygens (including phenoxy) is 3. The van der Waals surface area contributed by atoms with Gasteiger partial charge in [0, 0.05) is 19.3 Å². The number of carbonyl (C=O) groups excluding carboxylic acids is 3. The molecular weight excluding hydrogens is 937 g/mol. The van der Waals surface area contributed by atoms with Gasteiger partial charge in [0.05, 0.1) is 0 Å². The van der Waals surface area contributed by atoms with Gasteiger partial charge in [-0.2, -0.15) is 0 Å². The highest BCUT2D eigenvalue weighted by Gasteiger charge is 2.19. The summed E-state index contributed by atoms with van der Waals surface area (Å²) in [6.07, 6.45) is 78.1. The Kier molecular flexibility index (Phi) is 64.1. The predicted octanol–water partition coefficient (Wildman–Crippen LogP) is 23.6. The monoisotopic (exact) mass is 1070 g/mol. The maximum Gasteiger partial charge on any atom is 0.306 e. The normalized spacial score (nSPS) is 12.0. The summed E-state index contributed by atoms with van der Waals surface area (Å²) in [6.45, 7) is 6.71. The highest BCUT2D eigenvalue weighted by Crippen LogP contribution is 2.19. The van der Waals surface area contributed by atoms with Gasteiger partial charge in [0.15, 0.2) is 6.10 Å². The second-order valence-electron chi connectivity index (χ2n) is 23.8. The highest BCUT2D eigenvalue weighted by atomic mass is 16.6. The lowest BCUT2D eigenvalue weighted by molar-refractivity contribution is -0.167. The van der Waals surface area contributed by atoms with Crippen molar-refractivity contribution in [2.24, 2.45) is 0 Å². The van der Waals surface area contributed by atoms with Crippen LogP contribution in [0.25, 0.3) is 0 Å². The van der Waals surface area contributed by atoms with E-state index in [1.807, 2.05) is 0 Å². The van der Waals surface area contributed by atoms with Gasteiger partial charge in [-0.3, -0.25) is 14.4 Å². The summed E-state index contributed by atoms with van der Waals surface area (Å²) in [5.74, 6) is -0.841. The smallest absolute Gasteiger partial charge is 0.306 e. The van der Waals surface area contributed by atoms with Crippen molar-refractivity contribution in [1.82, 2.24) is 0 Å². The lowest BCUT2D eigenvalue weighted by Gasteiger charge is -2.18. The largest absolute Gasteiger partial charge is 0.462 e. The van der Waals surface area contributed by atoms with Gasteiger partial charge < -0.3 is 14.2 Å². The number of carbonyl (C=O) groups is 3. The first-order chi connectivity index (χ1) is 37.5. The maximum absolute atomic E-state index is 12.9. The van der Waals surface area contributed by atoms with Crippen LogP contribution < -0.4 is 0 Å². The van der Waals surface area contributed by atoms with E-state index in [-0.39, 0.29) is 31.1 Å². The molecule has 0 radical (unpaired) electrons.